The van der Waals surface area contributed by atoms with Crippen LogP contribution in [0.5, 0.6) is 11.8 Å². The van der Waals surface area contributed by atoms with Gasteiger partial charge in [-0.05, 0) is 86.6 Å². The van der Waals surface area contributed by atoms with Crippen LogP contribution >= 0.6 is 0 Å². The highest BCUT2D eigenvalue weighted by Crippen LogP contribution is 2.36. The van der Waals surface area contributed by atoms with E-state index in [2.05, 4.69) is 149 Å². The molecule has 11 rings (SSSR count). The van der Waals surface area contributed by atoms with Gasteiger partial charge in [-0.15, -0.1) is 0 Å². The summed E-state index contributed by atoms with van der Waals surface area (Å²) in [6.07, 6.45) is 0. The first-order valence-corrected chi connectivity index (χ1v) is 18.1. The van der Waals surface area contributed by atoms with Crippen LogP contribution < -0.4 is 4.74 Å². The van der Waals surface area contributed by atoms with Crippen molar-refractivity contribution < 1.29 is 4.74 Å². The van der Waals surface area contributed by atoms with Gasteiger partial charge in [0.25, 0.3) is 0 Å². The quantitative estimate of drug-likeness (QED) is 0.180. The van der Waals surface area contributed by atoms with Crippen LogP contribution in [0, 0.1) is 13.8 Å². The van der Waals surface area contributed by atoms with Gasteiger partial charge in [-0.3, -0.25) is 9.13 Å². The van der Waals surface area contributed by atoms with Gasteiger partial charge in [0.05, 0.1) is 33.1 Å². The van der Waals surface area contributed by atoms with E-state index in [1.807, 2.05) is 36.4 Å². The SMILES string of the molecule is Cc1ccc2c(c1)c1cc(C)ccc1n2-c1ccc(Oc2nc(-n3c4ccccc4c4ccccc43)nc(-n3c4ccccc4c4ccccc43)n2)cc1. The number of rotatable bonds is 5. The fourth-order valence-electron chi connectivity index (χ4n) is 8.15. The monoisotopic (exact) mass is 696 g/mol. The highest BCUT2D eigenvalue weighted by atomic mass is 16.5. The maximum atomic E-state index is 6.58. The number of fused-ring (bicyclic) bond motifs is 9. The number of hydrogen-bond acceptors (Lipinski definition) is 4. The predicted molar refractivity (Wildman–Crippen MR) is 219 cm³/mol. The molecule has 256 valence electrons. The third-order valence-corrected chi connectivity index (χ3v) is 10.5. The molecular weight excluding hydrogens is 665 g/mol. The number of hydrogen-bond donors (Lipinski definition) is 0. The minimum atomic E-state index is 0.203. The van der Waals surface area contributed by atoms with E-state index in [0.717, 1.165) is 49.3 Å². The molecule has 7 aromatic carbocycles. The lowest BCUT2D eigenvalue weighted by atomic mass is 10.1. The van der Waals surface area contributed by atoms with Gasteiger partial charge in [-0.2, -0.15) is 15.0 Å². The van der Waals surface area contributed by atoms with Gasteiger partial charge in [-0.1, -0.05) is 96.1 Å². The molecule has 0 aliphatic carbocycles. The molecule has 54 heavy (non-hydrogen) atoms. The summed E-state index contributed by atoms with van der Waals surface area (Å²) in [7, 11) is 0. The van der Waals surface area contributed by atoms with Crippen molar-refractivity contribution >= 4 is 65.4 Å². The molecule has 0 atom stereocenters. The van der Waals surface area contributed by atoms with Crippen molar-refractivity contribution in [3.05, 3.63) is 169 Å². The molecular formula is C47H32N6O. The van der Waals surface area contributed by atoms with Crippen molar-refractivity contribution in [2.24, 2.45) is 0 Å². The summed E-state index contributed by atoms with van der Waals surface area (Å²) in [6.45, 7) is 4.29. The number of benzene rings is 7. The predicted octanol–water partition coefficient (Wildman–Crippen LogP) is 11.6. The Balaban J connectivity index is 1.09. The Kier molecular flexibility index (Phi) is 6.54. The molecule has 7 nitrogen and oxygen atoms in total. The molecule has 4 aromatic heterocycles. The number of aromatic nitrogens is 6. The van der Waals surface area contributed by atoms with Crippen molar-refractivity contribution in [3.63, 3.8) is 0 Å². The minimum absolute atomic E-state index is 0.203. The molecule has 0 radical (unpaired) electrons. The molecule has 0 saturated carbocycles. The Morgan fingerprint density at radius 2 is 0.759 bits per heavy atom. The Morgan fingerprint density at radius 1 is 0.370 bits per heavy atom. The van der Waals surface area contributed by atoms with Crippen LogP contribution in [0.15, 0.2) is 158 Å². The molecule has 11 aromatic rings. The van der Waals surface area contributed by atoms with Crippen LogP contribution in [-0.2, 0) is 0 Å². The van der Waals surface area contributed by atoms with E-state index in [-0.39, 0.29) is 6.01 Å². The molecule has 0 spiro atoms. The Hall–Kier alpha value is -7.25. The molecule has 0 fully saturated rings. The van der Waals surface area contributed by atoms with Gasteiger partial charge in [-0.25, -0.2) is 0 Å². The number of aryl methyl sites for hydroxylation is 2. The second-order valence-electron chi connectivity index (χ2n) is 13.9. The summed E-state index contributed by atoms with van der Waals surface area (Å²) in [6, 6.07) is 55.1. The van der Waals surface area contributed by atoms with E-state index in [9.17, 15) is 0 Å². The molecule has 0 N–H and O–H groups in total. The number of nitrogens with zero attached hydrogens (tertiary/aromatic N) is 6. The lowest BCUT2D eigenvalue weighted by molar-refractivity contribution is 0.437. The summed E-state index contributed by atoms with van der Waals surface area (Å²) in [5, 5.41) is 6.99. The molecule has 0 saturated heterocycles. The van der Waals surface area contributed by atoms with Crippen molar-refractivity contribution in [3.8, 4) is 29.3 Å². The fourth-order valence-corrected chi connectivity index (χ4v) is 8.15. The summed E-state index contributed by atoms with van der Waals surface area (Å²) in [5.41, 5.74) is 9.87. The Morgan fingerprint density at radius 3 is 1.19 bits per heavy atom. The summed E-state index contributed by atoms with van der Waals surface area (Å²) < 4.78 is 13.1. The van der Waals surface area contributed by atoms with E-state index in [1.54, 1.807) is 0 Å². The fraction of sp³-hybridized carbons (Fsp3) is 0.0426. The van der Waals surface area contributed by atoms with Gasteiger partial charge in [0.2, 0.25) is 11.9 Å². The van der Waals surface area contributed by atoms with Crippen molar-refractivity contribution in [1.82, 2.24) is 28.7 Å². The smallest absolute Gasteiger partial charge is 0.328 e. The topological polar surface area (TPSA) is 62.7 Å². The molecule has 0 bridgehead atoms. The average molecular weight is 697 g/mol. The van der Waals surface area contributed by atoms with Crippen LogP contribution in [0.3, 0.4) is 0 Å². The largest absolute Gasteiger partial charge is 0.424 e. The van der Waals surface area contributed by atoms with E-state index in [4.69, 9.17) is 19.7 Å². The number of para-hydroxylation sites is 4. The minimum Gasteiger partial charge on any atom is -0.424 e. The van der Waals surface area contributed by atoms with Crippen LogP contribution in [0.4, 0.5) is 0 Å². The lowest BCUT2D eigenvalue weighted by Crippen LogP contribution is -2.10. The van der Waals surface area contributed by atoms with E-state index >= 15 is 0 Å². The second kappa shape index (κ2) is 11.6. The molecule has 0 unspecified atom stereocenters. The standard InChI is InChI=1S/C47H32N6O/c1-29-19-25-43-37(27-29)38-28-30(2)20-26-44(38)51(43)31-21-23-32(24-22-31)54-47-49-45(52-39-15-7-3-11-33(39)34-12-4-8-16-40(34)52)48-46(50-47)53-41-17-9-5-13-35(41)36-14-6-10-18-42(36)53/h3-28H,1-2H3. The first-order valence-electron chi connectivity index (χ1n) is 18.1. The van der Waals surface area contributed by atoms with Crippen LogP contribution in [-0.4, -0.2) is 28.7 Å². The van der Waals surface area contributed by atoms with Crippen LogP contribution in [0.1, 0.15) is 11.1 Å². The maximum absolute atomic E-state index is 6.58. The normalized spacial score (nSPS) is 11.9. The van der Waals surface area contributed by atoms with Crippen molar-refractivity contribution in [2.45, 2.75) is 13.8 Å². The first kappa shape index (κ1) is 30.4. The lowest BCUT2D eigenvalue weighted by Gasteiger charge is -2.13. The van der Waals surface area contributed by atoms with Crippen molar-refractivity contribution in [2.75, 3.05) is 0 Å². The molecule has 0 aliphatic heterocycles. The Labute approximate surface area is 310 Å². The van der Waals surface area contributed by atoms with Gasteiger partial charge in [0.1, 0.15) is 5.75 Å². The van der Waals surface area contributed by atoms with Gasteiger partial charge < -0.3 is 9.30 Å². The summed E-state index contributed by atoms with van der Waals surface area (Å²) >= 11 is 0. The van der Waals surface area contributed by atoms with Gasteiger partial charge in [0.15, 0.2) is 0 Å². The first-order chi connectivity index (χ1) is 26.6. The zero-order chi connectivity index (χ0) is 35.9. The molecule has 0 aliphatic rings. The summed E-state index contributed by atoms with van der Waals surface area (Å²) in [5.74, 6) is 1.57. The number of ether oxygens (including phenoxy) is 1. The third-order valence-electron chi connectivity index (χ3n) is 10.5. The molecule has 4 heterocycles. The zero-order valence-corrected chi connectivity index (χ0v) is 29.6. The van der Waals surface area contributed by atoms with Gasteiger partial charge in [0, 0.05) is 38.0 Å². The van der Waals surface area contributed by atoms with E-state index in [0.29, 0.717) is 17.6 Å². The Bertz CT molecular complexity index is 2980. The van der Waals surface area contributed by atoms with Gasteiger partial charge >= 0.3 is 6.01 Å². The van der Waals surface area contributed by atoms with E-state index < -0.39 is 0 Å². The third kappa shape index (κ3) is 4.58. The zero-order valence-electron chi connectivity index (χ0n) is 29.6. The van der Waals surface area contributed by atoms with E-state index in [1.165, 1.54) is 32.9 Å². The maximum Gasteiger partial charge on any atom is 0.328 e. The summed E-state index contributed by atoms with van der Waals surface area (Å²) in [4.78, 5) is 15.2. The van der Waals surface area contributed by atoms with Crippen molar-refractivity contribution in [1.29, 1.82) is 0 Å². The second-order valence-corrected chi connectivity index (χ2v) is 13.9. The average Bonchev–Trinajstić information content (AvgIpc) is 3.84. The highest BCUT2D eigenvalue weighted by molar-refractivity contribution is 6.11. The molecule has 0 amide bonds. The van der Waals surface area contributed by atoms with Crippen LogP contribution in [0.25, 0.3) is 83.0 Å². The molecule has 7 heteroatoms. The van der Waals surface area contributed by atoms with Crippen LogP contribution in [0.2, 0.25) is 0 Å². The highest BCUT2D eigenvalue weighted by Gasteiger charge is 2.21.